The lowest BCUT2D eigenvalue weighted by Crippen LogP contribution is -2.13. The zero-order chi connectivity index (χ0) is 16.4. The molecule has 0 aliphatic carbocycles. The van der Waals surface area contributed by atoms with Crippen LogP contribution < -0.4 is 16.2 Å². The maximum atomic E-state index is 11.7. The maximum Gasteiger partial charge on any atom is 0.250 e. The summed E-state index contributed by atoms with van der Waals surface area (Å²) in [4.78, 5) is 20.2. The van der Waals surface area contributed by atoms with Crippen molar-refractivity contribution in [2.45, 2.75) is 6.42 Å². The van der Waals surface area contributed by atoms with Crippen LogP contribution in [0.3, 0.4) is 0 Å². The van der Waals surface area contributed by atoms with Crippen LogP contribution in [0.15, 0.2) is 42.5 Å². The van der Waals surface area contributed by atoms with E-state index in [1.54, 1.807) is 19.2 Å². The minimum atomic E-state index is -0.568. The molecule has 6 nitrogen and oxygen atoms in total. The van der Waals surface area contributed by atoms with Crippen molar-refractivity contribution in [2.24, 2.45) is 5.73 Å². The first-order valence-corrected chi connectivity index (χ1v) is 7.07. The minimum Gasteiger partial charge on any atom is -0.496 e. The number of aromatic nitrogens is 2. The molecule has 4 N–H and O–H groups in total. The average molecular weight is 308 g/mol. The molecule has 1 amide bonds. The Morgan fingerprint density at radius 1 is 1.13 bits per heavy atom. The number of carbonyl (C=O) groups is 1. The van der Waals surface area contributed by atoms with Crippen LogP contribution in [-0.2, 0) is 6.42 Å². The Morgan fingerprint density at radius 2 is 1.87 bits per heavy atom. The van der Waals surface area contributed by atoms with Gasteiger partial charge in [-0.05, 0) is 17.7 Å². The first kappa shape index (κ1) is 14.8. The van der Waals surface area contributed by atoms with Gasteiger partial charge in [-0.1, -0.05) is 30.3 Å². The van der Waals surface area contributed by atoms with Crippen LogP contribution in [0.5, 0.6) is 5.75 Å². The third-order valence-electron chi connectivity index (χ3n) is 3.60. The highest BCUT2D eigenvalue weighted by atomic mass is 16.5. The van der Waals surface area contributed by atoms with Crippen molar-refractivity contribution >= 4 is 22.8 Å². The van der Waals surface area contributed by atoms with E-state index in [1.165, 1.54) is 0 Å². The van der Waals surface area contributed by atoms with E-state index in [0.717, 1.165) is 5.56 Å². The fraction of sp³-hybridized carbons (Fsp3) is 0.118. The van der Waals surface area contributed by atoms with Gasteiger partial charge in [0.25, 0.3) is 5.91 Å². The van der Waals surface area contributed by atoms with Crippen molar-refractivity contribution in [3.63, 3.8) is 0 Å². The van der Waals surface area contributed by atoms with Gasteiger partial charge >= 0.3 is 0 Å². The number of hydrogen-bond donors (Lipinski definition) is 2. The second-order valence-corrected chi connectivity index (χ2v) is 5.09. The smallest absolute Gasteiger partial charge is 0.250 e. The molecule has 0 aliphatic rings. The Kier molecular flexibility index (Phi) is 3.80. The molecule has 116 valence electrons. The number of anilines is 1. The number of ether oxygens (including phenoxy) is 1. The number of hydrogen-bond acceptors (Lipinski definition) is 5. The van der Waals surface area contributed by atoms with E-state index >= 15 is 0 Å². The van der Waals surface area contributed by atoms with Crippen molar-refractivity contribution in [1.29, 1.82) is 0 Å². The molecule has 0 atom stereocenters. The number of carbonyl (C=O) groups excluding carboxylic acids is 1. The highest BCUT2D eigenvalue weighted by Crippen LogP contribution is 2.31. The SMILES string of the molecule is COc1ccc(C(N)=O)c2nc(N)nc(Cc3ccccc3)c12. The minimum absolute atomic E-state index is 0.0965. The number of benzene rings is 2. The molecule has 0 fully saturated rings. The third kappa shape index (κ3) is 2.78. The van der Waals surface area contributed by atoms with E-state index in [9.17, 15) is 4.79 Å². The molecule has 0 aliphatic heterocycles. The summed E-state index contributed by atoms with van der Waals surface area (Å²) in [6.45, 7) is 0. The molecule has 0 bridgehead atoms. The fourth-order valence-electron chi connectivity index (χ4n) is 2.59. The number of rotatable bonds is 4. The molecule has 0 radical (unpaired) electrons. The largest absolute Gasteiger partial charge is 0.496 e. The zero-order valence-corrected chi connectivity index (χ0v) is 12.6. The van der Waals surface area contributed by atoms with E-state index in [1.807, 2.05) is 30.3 Å². The highest BCUT2D eigenvalue weighted by molar-refractivity contribution is 6.07. The van der Waals surface area contributed by atoms with Crippen molar-refractivity contribution in [3.8, 4) is 5.75 Å². The lowest BCUT2D eigenvalue weighted by molar-refractivity contribution is 0.100. The molecule has 0 saturated carbocycles. The molecule has 6 heteroatoms. The van der Waals surface area contributed by atoms with Gasteiger partial charge in [-0.3, -0.25) is 4.79 Å². The first-order valence-electron chi connectivity index (χ1n) is 7.07. The van der Waals surface area contributed by atoms with Gasteiger partial charge in [0.1, 0.15) is 5.75 Å². The number of nitrogen functional groups attached to an aromatic ring is 1. The Bertz CT molecular complexity index is 879. The lowest BCUT2D eigenvalue weighted by atomic mass is 10.0. The Morgan fingerprint density at radius 3 is 2.52 bits per heavy atom. The molecule has 0 saturated heterocycles. The fourth-order valence-corrected chi connectivity index (χ4v) is 2.59. The standard InChI is InChI=1S/C17H16N4O2/c1-23-13-8-7-11(16(18)22)15-14(13)12(20-17(19)21-15)9-10-5-3-2-4-6-10/h2-8H,9H2,1H3,(H2,18,22)(H2,19,20,21). The van der Waals surface area contributed by atoms with Crippen molar-refractivity contribution < 1.29 is 9.53 Å². The summed E-state index contributed by atoms with van der Waals surface area (Å²) < 4.78 is 5.41. The second kappa shape index (κ2) is 5.92. The molecular formula is C17H16N4O2. The van der Waals surface area contributed by atoms with Crippen LogP contribution in [0.4, 0.5) is 5.95 Å². The van der Waals surface area contributed by atoms with Crippen molar-refractivity contribution in [2.75, 3.05) is 12.8 Å². The predicted molar refractivity (Wildman–Crippen MR) is 88.3 cm³/mol. The number of nitrogens with zero attached hydrogens (tertiary/aromatic N) is 2. The zero-order valence-electron chi connectivity index (χ0n) is 12.6. The Hall–Kier alpha value is -3.15. The quantitative estimate of drug-likeness (QED) is 0.766. The molecule has 3 rings (SSSR count). The van der Waals surface area contributed by atoms with E-state index in [2.05, 4.69) is 9.97 Å². The molecular weight excluding hydrogens is 292 g/mol. The summed E-state index contributed by atoms with van der Waals surface area (Å²) in [6, 6.07) is 13.1. The van der Waals surface area contributed by atoms with E-state index < -0.39 is 5.91 Å². The second-order valence-electron chi connectivity index (χ2n) is 5.09. The summed E-state index contributed by atoms with van der Waals surface area (Å²) in [5.41, 5.74) is 13.7. The van der Waals surface area contributed by atoms with Gasteiger partial charge in [0.15, 0.2) is 0 Å². The van der Waals surface area contributed by atoms with Crippen molar-refractivity contribution in [1.82, 2.24) is 9.97 Å². The Labute approximate surface area is 133 Å². The number of methoxy groups -OCH3 is 1. The number of nitrogens with two attached hydrogens (primary N) is 2. The predicted octanol–water partition coefficient (Wildman–Crippen LogP) is 1.91. The number of fused-ring (bicyclic) bond motifs is 1. The third-order valence-corrected chi connectivity index (χ3v) is 3.60. The molecule has 1 aromatic heterocycles. The van der Waals surface area contributed by atoms with Crippen LogP contribution in [0, 0.1) is 0 Å². The van der Waals surface area contributed by atoms with Crippen LogP contribution in [-0.4, -0.2) is 23.0 Å². The van der Waals surface area contributed by atoms with Crippen molar-refractivity contribution in [3.05, 3.63) is 59.3 Å². The summed E-state index contributed by atoms with van der Waals surface area (Å²) >= 11 is 0. The van der Waals surface area contributed by atoms with Crippen LogP contribution >= 0.6 is 0 Å². The topological polar surface area (TPSA) is 104 Å². The highest BCUT2D eigenvalue weighted by Gasteiger charge is 2.17. The Balaban J connectivity index is 2.28. The normalized spacial score (nSPS) is 10.7. The first-order chi connectivity index (χ1) is 11.1. The number of primary amides is 1. The monoisotopic (exact) mass is 308 g/mol. The van der Waals surface area contributed by atoms with Gasteiger partial charge < -0.3 is 16.2 Å². The molecule has 3 aromatic rings. The number of amides is 1. The molecule has 1 heterocycles. The summed E-state index contributed by atoms with van der Waals surface area (Å²) in [5.74, 6) is 0.108. The van der Waals surface area contributed by atoms with Gasteiger partial charge in [0.2, 0.25) is 5.95 Å². The lowest BCUT2D eigenvalue weighted by Gasteiger charge is -2.12. The van der Waals surface area contributed by atoms with Gasteiger partial charge in [-0.25, -0.2) is 9.97 Å². The summed E-state index contributed by atoms with van der Waals surface area (Å²) in [5, 5.41) is 0.654. The van der Waals surface area contributed by atoms with Crippen LogP contribution in [0.1, 0.15) is 21.6 Å². The van der Waals surface area contributed by atoms with Crippen LogP contribution in [0.2, 0.25) is 0 Å². The van der Waals surface area contributed by atoms with E-state index in [0.29, 0.717) is 34.3 Å². The van der Waals surface area contributed by atoms with E-state index in [4.69, 9.17) is 16.2 Å². The average Bonchev–Trinajstić information content (AvgIpc) is 2.54. The van der Waals surface area contributed by atoms with E-state index in [-0.39, 0.29) is 5.95 Å². The molecule has 2 aromatic carbocycles. The summed E-state index contributed by atoms with van der Waals surface area (Å²) in [6.07, 6.45) is 0.544. The molecule has 23 heavy (non-hydrogen) atoms. The van der Waals surface area contributed by atoms with Gasteiger partial charge in [-0.15, -0.1) is 0 Å². The van der Waals surface area contributed by atoms with Gasteiger partial charge in [0, 0.05) is 6.42 Å². The molecule has 0 spiro atoms. The molecule has 0 unspecified atom stereocenters. The maximum absolute atomic E-state index is 11.7. The van der Waals surface area contributed by atoms with Gasteiger partial charge in [0.05, 0.1) is 29.3 Å². The summed E-state index contributed by atoms with van der Waals surface area (Å²) in [7, 11) is 1.56. The van der Waals surface area contributed by atoms with Gasteiger partial charge in [-0.2, -0.15) is 0 Å². The van der Waals surface area contributed by atoms with Crippen LogP contribution in [0.25, 0.3) is 10.9 Å².